The molecule has 27 heavy (non-hydrogen) atoms. The van der Waals surface area contributed by atoms with Gasteiger partial charge in [0.1, 0.15) is 29.2 Å². The van der Waals surface area contributed by atoms with Gasteiger partial charge in [-0.25, -0.2) is 4.79 Å². The third kappa shape index (κ3) is 5.17. The summed E-state index contributed by atoms with van der Waals surface area (Å²) in [6.07, 6.45) is 0.681. The van der Waals surface area contributed by atoms with Crippen molar-refractivity contribution >= 4 is 43.9 Å². The standard InChI is InChI=1S/C15H19BN2O7.2ClH/c17-10(14(19)20)7-18-5-9(6-18)24-11-2-1-8-3-4-16(23)25-13(8)12(11)15(21)22;;/h1-2,9-10,23H,3-7,17H2,(H,19,20)(H,21,22);2*1H/t10-;;/m0../s1. The van der Waals surface area contributed by atoms with E-state index in [-0.39, 0.29) is 54.5 Å². The molecule has 0 radical (unpaired) electrons. The molecule has 1 atom stereocenters. The number of benzene rings is 1. The van der Waals surface area contributed by atoms with Crippen LogP contribution in [0.4, 0.5) is 0 Å². The molecule has 1 aromatic carbocycles. The molecular formula is C15H21BCl2N2O7. The van der Waals surface area contributed by atoms with E-state index >= 15 is 0 Å². The number of likely N-dealkylation sites (tertiary alicyclic amines) is 1. The van der Waals surface area contributed by atoms with Gasteiger partial charge in [-0.1, -0.05) is 6.07 Å². The van der Waals surface area contributed by atoms with Gasteiger partial charge < -0.3 is 30.4 Å². The van der Waals surface area contributed by atoms with E-state index in [1.54, 1.807) is 12.1 Å². The quantitative estimate of drug-likeness (QED) is 0.470. The van der Waals surface area contributed by atoms with Gasteiger partial charge in [0.15, 0.2) is 0 Å². The number of aliphatic carboxylic acids is 1. The molecule has 1 aromatic rings. The molecule has 2 heterocycles. The maximum Gasteiger partial charge on any atom is 0.522 e. The second-order valence-corrected chi connectivity index (χ2v) is 6.25. The average molecular weight is 423 g/mol. The SMILES string of the molecule is Cl.Cl.N[C@@H](CN1CC(Oc2ccc3c(c2C(=O)O)OB(O)CC3)C1)C(=O)O. The number of halogens is 2. The number of fused-ring (bicyclic) bond motifs is 1. The molecule has 0 saturated carbocycles. The zero-order valence-electron chi connectivity index (χ0n) is 14.2. The summed E-state index contributed by atoms with van der Waals surface area (Å²) in [7, 11) is -1.03. The van der Waals surface area contributed by atoms with Crippen molar-refractivity contribution in [2.75, 3.05) is 19.6 Å². The summed E-state index contributed by atoms with van der Waals surface area (Å²) in [5, 5.41) is 27.9. The lowest BCUT2D eigenvalue weighted by Crippen LogP contribution is -2.58. The van der Waals surface area contributed by atoms with Crippen molar-refractivity contribution in [3.05, 3.63) is 23.3 Å². The van der Waals surface area contributed by atoms with Crippen LogP contribution < -0.4 is 15.1 Å². The van der Waals surface area contributed by atoms with E-state index in [9.17, 15) is 19.7 Å². The number of aromatic carboxylic acids is 1. The second kappa shape index (κ2) is 9.47. The number of hydrogen-bond donors (Lipinski definition) is 4. The minimum Gasteiger partial charge on any atom is -0.535 e. The molecule has 1 saturated heterocycles. The number of carboxylic acid groups (broad SMARTS) is 2. The summed E-state index contributed by atoms with van der Waals surface area (Å²) in [5.41, 5.74) is 6.10. The van der Waals surface area contributed by atoms with Gasteiger partial charge in [-0.15, -0.1) is 24.8 Å². The molecule has 12 heteroatoms. The zero-order valence-corrected chi connectivity index (χ0v) is 15.9. The molecule has 0 unspecified atom stereocenters. The van der Waals surface area contributed by atoms with E-state index in [2.05, 4.69) is 0 Å². The van der Waals surface area contributed by atoms with Crippen molar-refractivity contribution in [2.24, 2.45) is 5.73 Å². The lowest BCUT2D eigenvalue weighted by molar-refractivity contribution is -0.139. The maximum atomic E-state index is 11.6. The fraction of sp³-hybridized carbons (Fsp3) is 0.467. The lowest BCUT2D eigenvalue weighted by atomic mass is 9.78. The van der Waals surface area contributed by atoms with Crippen LogP contribution in [0.25, 0.3) is 0 Å². The van der Waals surface area contributed by atoms with E-state index in [1.807, 2.05) is 4.90 Å². The van der Waals surface area contributed by atoms with Crippen molar-refractivity contribution in [1.29, 1.82) is 0 Å². The van der Waals surface area contributed by atoms with Gasteiger partial charge in [0.25, 0.3) is 0 Å². The molecule has 2 aliphatic heterocycles. The summed E-state index contributed by atoms with van der Waals surface area (Å²) >= 11 is 0. The summed E-state index contributed by atoms with van der Waals surface area (Å²) < 4.78 is 11.0. The van der Waals surface area contributed by atoms with Crippen molar-refractivity contribution in [1.82, 2.24) is 4.90 Å². The van der Waals surface area contributed by atoms with Crippen LogP contribution in [0, 0.1) is 0 Å². The van der Waals surface area contributed by atoms with Crippen molar-refractivity contribution in [3.63, 3.8) is 0 Å². The fourth-order valence-corrected chi connectivity index (χ4v) is 3.00. The molecule has 3 rings (SSSR count). The van der Waals surface area contributed by atoms with E-state index in [1.165, 1.54) is 0 Å². The lowest BCUT2D eigenvalue weighted by Gasteiger charge is -2.40. The molecule has 0 bridgehead atoms. The smallest absolute Gasteiger partial charge is 0.522 e. The number of nitrogens with zero attached hydrogens (tertiary/aromatic N) is 1. The first-order valence-electron chi connectivity index (χ1n) is 7.96. The predicted molar refractivity (Wildman–Crippen MR) is 101 cm³/mol. The number of carbonyl (C=O) groups is 2. The highest BCUT2D eigenvalue weighted by atomic mass is 35.5. The van der Waals surface area contributed by atoms with Crippen LogP contribution in [0.5, 0.6) is 11.5 Å². The highest BCUT2D eigenvalue weighted by Crippen LogP contribution is 2.37. The third-order valence-corrected chi connectivity index (χ3v) is 4.32. The monoisotopic (exact) mass is 422 g/mol. The normalized spacial score (nSPS) is 17.3. The van der Waals surface area contributed by atoms with Gasteiger partial charge in [0, 0.05) is 19.6 Å². The van der Waals surface area contributed by atoms with Gasteiger partial charge in [-0.05, 0) is 24.4 Å². The van der Waals surface area contributed by atoms with E-state index in [0.29, 0.717) is 25.8 Å². The number of ether oxygens (including phenoxy) is 1. The summed E-state index contributed by atoms with van der Waals surface area (Å²) in [4.78, 5) is 24.2. The van der Waals surface area contributed by atoms with Gasteiger partial charge in [0.2, 0.25) is 0 Å². The molecule has 2 aliphatic rings. The highest BCUT2D eigenvalue weighted by Gasteiger charge is 2.34. The van der Waals surface area contributed by atoms with Crippen LogP contribution in [-0.4, -0.2) is 71.0 Å². The predicted octanol–water partition coefficient (Wildman–Crippen LogP) is 0.119. The number of carboxylic acids is 2. The largest absolute Gasteiger partial charge is 0.535 e. The molecule has 0 aromatic heterocycles. The molecule has 0 spiro atoms. The highest BCUT2D eigenvalue weighted by molar-refractivity contribution is 6.44. The zero-order chi connectivity index (χ0) is 18.1. The maximum absolute atomic E-state index is 11.6. The van der Waals surface area contributed by atoms with Gasteiger partial charge in [0.05, 0.1) is 0 Å². The molecule has 0 amide bonds. The Balaban J connectivity index is 0.00000182. The van der Waals surface area contributed by atoms with Gasteiger partial charge in [-0.3, -0.25) is 9.69 Å². The fourth-order valence-electron chi connectivity index (χ4n) is 3.00. The summed E-state index contributed by atoms with van der Waals surface area (Å²) in [5.74, 6) is -1.94. The summed E-state index contributed by atoms with van der Waals surface area (Å²) in [6.45, 7) is 1.13. The topological polar surface area (TPSA) is 143 Å². The van der Waals surface area contributed by atoms with E-state index in [4.69, 9.17) is 20.2 Å². The first kappa shape index (κ1) is 23.3. The molecular weight excluding hydrogens is 402 g/mol. The average Bonchev–Trinajstić information content (AvgIpc) is 2.51. The second-order valence-electron chi connectivity index (χ2n) is 6.25. The Morgan fingerprint density at radius 2 is 2.00 bits per heavy atom. The Labute approximate surface area is 168 Å². The Bertz CT molecular complexity index is 703. The van der Waals surface area contributed by atoms with Crippen molar-refractivity contribution in [2.45, 2.75) is 24.9 Å². The first-order valence-corrected chi connectivity index (χ1v) is 7.96. The minimum absolute atomic E-state index is 0. The number of nitrogens with two attached hydrogens (primary N) is 1. The Morgan fingerprint density at radius 3 is 2.59 bits per heavy atom. The minimum atomic E-state index is -1.19. The Hall–Kier alpha value is -1.72. The Morgan fingerprint density at radius 1 is 1.33 bits per heavy atom. The number of aryl methyl sites for hydroxylation is 1. The molecule has 150 valence electrons. The van der Waals surface area contributed by atoms with Crippen LogP contribution in [0.2, 0.25) is 6.32 Å². The Kier molecular flexibility index (Phi) is 8.18. The van der Waals surface area contributed by atoms with Crippen LogP contribution in [0.3, 0.4) is 0 Å². The molecule has 1 fully saturated rings. The molecule has 9 nitrogen and oxygen atoms in total. The van der Waals surface area contributed by atoms with Gasteiger partial charge in [-0.2, -0.15) is 0 Å². The third-order valence-electron chi connectivity index (χ3n) is 4.32. The van der Waals surface area contributed by atoms with Crippen molar-refractivity contribution < 1.29 is 34.2 Å². The van der Waals surface area contributed by atoms with Crippen molar-refractivity contribution in [3.8, 4) is 11.5 Å². The summed E-state index contributed by atoms with van der Waals surface area (Å²) in [6, 6.07) is 2.36. The van der Waals surface area contributed by atoms with Crippen LogP contribution in [0.15, 0.2) is 12.1 Å². The van der Waals surface area contributed by atoms with Gasteiger partial charge >= 0.3 is 19.1 Å². The molecule has 0 aliphatic carbocycles. The van der Waals surface area contributed by atoms with E-state index < -0.39 is 25.1 Å². The van der Waals surface area contributed by atoms with E-state index in [0.717, 1.165) is 5.56 Å². The van der Waals surface area contributed by atoms with Crippen LogP contribution >= 0.6 is 24.8 Å². The van der Waals surface area contributed by atoms with Crippen LogP contribution in [0.1, 0.15) is 15.9 Å². The van der Waals surface area contributed by atoms with Crippen LogP contribution in [-0.2, 0) is 11.2 Å². The first-order chi connectivity index (χ1) is 11.8. The number of rotatable bonds is 6. The number of hydrogen-bond acceptors (Lipinski definition) is 7. The molecule has 5 N–H and O–H groups in total.